The molecule has 7 heteroatoms. The van der Waals surface area contributed by atoms with Crippen LogP contribution in [0.3, 0.4) is 0 Å². The average molecular weight is 434 g/mol. The number of anilines is 1. The van der Waals surface area contributed by atoms with Gasteiger partial charge in [0.15, 0.2) is 5.96 Å². The van der Waals surface area contributed by atoms with E-state index in [0.29, 0.717) is 17.6 Å². The molecule has 5 nitrogen and oxygen atoms in total. The number of halogens is 2. The van der Waals surface area contributed by atoms with E-state index in [1.54, 1.807) is 6.20 Å². The highest BCUT2D eigenvalue weighted by Crippen LogP contribution is 2.25. The summed E-state index contributed by atoms with van der Waals surface area (Å²) in [7, 11) is 0. The lowest BCUT2D eigenvalue weighted by Crippen LogP contribution is -2.44. The molecule has 2 heterocycles. The molecule has 1 aromatic heterocycles. The van der Waals surface area contributed by atoms with E-state index in [4.69, 9.17) is 18.0 Å². The summed E-state index contributed by atoms with van der Waals surface area (Å²) in [6.07, 6.45) is 8.02. The van der Waals surface area contributed by atoms with Gasteiger partial charge >= 0.3 is 0 Å². The molecule has 0 radical (unpaired) electrons. The molecule has 0 saturated carbocycles. The predicted molar refractivity (Wildman–Crippen MR) is 103 cm³/mol. The predicted octanol–water partition coefficient (Wildman–Crippen LogP) is 2.12. The molecule has 1 saturated heterocycles. The number of nitrogens with zero attached hydrogens (tertiary/aromatic N) is 3. The van der Waals surface area contributed by atoms with Gasteiger partial charge in [0.2, 0.25) is 0 Å². The third-order valence-corrected chi connectivity index (χ3v) is 3.54. The number of terminal acetylenes is 1. The van der Waals surface area contributed by atoms with E-state index in [0.717, 1.165) is 37.8 Å². The highest BCUT2D eigenvalue weighted by Gasteiger charge is 2.25. The van der Waals surface area contributed by atoms with Gasteiger partial charge in [0.05, 0.1) is 5.02 Å². The van der Waals surface area contributed by atoms with Crippen LogP contribution in [-0.4, -0.2) is 43.2 Å². The Morgan fingerprint density at radius 1 is 1.64 bits per heavy atom. The molecular formula is C15H21ClIN5. The van der Waals surface area contributed by atoms with Crippen LogP contribution in [0.25, 0.3) is 0 Å². The quantitative estimate of drug-likeness (QED) is 0.331. The van der Waals surface area contributed by atoms with Crippen LogP contribution >= 0.6 is 35.6 Å². The van der Waals surface area contributed by atoms with Gasteiger partial charge in [-0.2, -0.15) is 0 Å². The molecule has 1 aliphatic heterocycles. The van der Waals surface area contributed by atoms with Crippen molar-refractivity contribution < 1.29 is 0 Å². The fourth-order valence-electron chi connectivity index (χ4n) is 2.32. The number of hydrogen-bond acceptors (Lipinski definition) is 3. The number of guanidine groups is 1. The van der Waals surface area contributed by atoms with Crippen molar-refractivity contribution in [3.63, 3.8) is 0 Å². The average Bonchev–Trinajstić information content (AvgIpc) is 2.94. The van der Waals surface area contributed by atoms with E-state index >= 15 is 0 Å². The fourth-order valence-corrected chi connectivity index (χ4v) is 2.56. The van der Waals surface area contributed by atoms with Gasteiger partial charge < -0.3 is 15.5 Å². The SMILES string of the molecule is C#CCN=C(NCC)NC1CCN(c2ncccc2Cl)C1.I. The Morgan fingerprint density at radius 3 is 3.14 bits per heavy atom. The van der Waals surface area contributed by atoms with Gasteiger partial charge in [0, 0.05) is 31.9 Å². The maximum Gasteiger partial charge on any atom is 0.192 e. The van der Waals surface area contributed by atoms with Crippen molar-refractivity contribution in [1.82, 2.24) is 15.6 Å². The summed E-state index contributed by atoms with van der Waals surface area (Å²) in [4.78, 5) is 10.8. The Kier molecular flexibility index (Phi) is 8.35. The Hall–Kier alpha value is -1.20. The minimum absolute atomic E-state index is 0. The van der Waals surface area contributed by atoms with Crippen molar-refractivity contribution in [2.75, 3.05) is 31.1 Å². The molecule has 2 rings (SSSR count). The first-order valence-corrected chi connectivity index (χ1v) is 7.46. The molecule has 2 N–H and O–H groups in total. The van der Waals surface area contributed by atoms with Crippen molar-refractivity contribution in [1.29, 1.82) is 0 Å². The minimum Gasteiger partial charge on any atom is -0.357 e. The zero-order valence-electron chi connectivity index (χ0n) is 12.6. The second-order valence-corrected chi connectivity index (χ2v) is 5.19. The van der Waals surface area contributed by atoms with Crippen molar-refractivity contribution in [2.24, 2.45) is 4.99 Å². The van der Waals surface area contributed by atoms with Crippen molar-refractivity contribution in [2.45, 2.75) is 19.4 Å². The first-order chi connectivity index (χ1) is 10.2. The molecule has 1 unspecified atom stereocenters. The third kappa shape index (κ3) is 5.21. The van der Waals surface area contributed by atoms with Crippen LogP contribution in [0.15, 0.2) is 23.3 Å². The van der Waals surface area contributed by atoms with E-state index in [1.165, 1.54) is 0 Å². The van der Waals surface area contributed by atoms with Gasteiger partial charge in [-0.1, -0.05) is 17.5 Å². The molecule has 0 amide bonds. The molecule has 0 aliphatic carbocycles. The molecule has 0 bridgehead atoms. The van der Waals surface area contributed by atoms with E-state index in [-0.39, 0.29) is 24.0 Å². The summed E-state index contributed by atoms with van der Waals surface area (Å²) in [5, 5.41) is 7.28. The number of hydrogen-bond donors (Lipinski definition) is 2. The first kappa shape index (κ1) is 18.8. The summed E-state index contributed by atoms with van der Waals surface area (Å²) in [5.41, 5.74) is 0. The number of nitrogens with one attached hydrogen (secondary N) is 2. The van der Waals surface area contributed by atoms with Gasteiger partial charge in [0.25, 0.3) is 0 Å². The van der Waals surface area contributed by atoms with Crippen LogP contribution < -0.4 is 15.5 Å². The van der Waals surface area contributed by atoms with Crippen LogP contribution in [0.2, 0.25) is 5.02 Å². The normalized spacial score (nSPS) is 17.6. The topological polar surface area (TPSA) is 52.6 Å². The number of rotatable bonds is 4. The number of aliphatic imine (C=N–C) groups is 1. The largest absolute Gasteiger partial charge is 0.357 e. The monoisotopic (exact) mass is 433 g/mol. The minimum atomic E-state index is 0. The number of aromatic nitrogens is 1. The highest BCUT2D eigenvalue weighted by molar-refractivity contribution is 14.0. The van der Waals surface area contributed by atoms with Gasteiger partial charge in [-0.15, -0.1) is 30.4 Å². The standard InChI is InChI=1S/C15H20ClN5.HI/c1-3-8-19-15(17-4-2)20-12-7-10-21(11-12)14-13(16)6-5-9-18-14;/h1,5-6,9,12H,4,7-8,10-11H2,2H3,(H2,17,19,20);1H. The van der Waals surface area contributed by atoms with Crippen LogP contribution in [0.4, 0.5) is 5.82 Å². The van der Waals surface area contributed by atoms with E-state index in [9.17, 15) is 0 Å². The maximum atomic E-state index is 6.19. The molecule has 0 spiro atoms. The van der Waals surface area contributed by atoms with E-state index in [2.05, 4.69) is 31.4 Å². The molecule has 120 valence electrons. The molecular weight excluding hydrogens is 413 g/mol. The van der Waals surface area contributed by atoms with E-state index in [1.807, 2.05) is 19.1 Å². The second kappa shape index (κ2) is 9.74. The number of pyridine rings is 1. The molecule has 1 fully saturated rings. The van der Waals surface area contributed by atoms with Gasteiger partial charge in [-0.05, 0) is 25.5 Å². The molecule has 1 atom stereocenters. The van der Waals surface area contributed by atoms with Crippen LogP contribution in [0.5, 0.6) is 0 Å². The van der Waals surface area contributed by atoms with Crippen molar-refractivity contribution in [3.8, 4) is 12.3 Å². The summed E-state index contributed by atoms with van der Waals surface area (Å²) >= 11 is 6.19. The van der Waals surface area contributed by atoms with Crippen LogP contribution in [0.1, 0.15) is 13.3 Å². The van der Waals surface area contributed by atoms with Gasteiger partial charge in [-0.3, -0.25) is 0 Å². The Labute approximate surface area is 153 Å². The zero-order chi connectivity index (χ0) is 15.1. The van der Waals surface area contributed by atoms with Crippen LogP contribution in [-0.2, 0) is 0 Å². The summed E-state index contributed by atoms with van der Waals surface area (Å²) < 4.78 is 0. The van der Waals surface area contributed by atoms with Gasteiger partial charge in [-0.25, -0.2) is 9.98 Å². The molecule has 0 aromatic carbocycles. The zero-order valence-corrected chi connectivity index (χ0v) is 15.6. The maximum absolute atomic E-state index is 6.19. The Bertz CT molecular complexity index is 543. The lowest BCUT2D eigenvalue weighted by Gasteiger charge is -2.20. The highest BCUT2D eigenvalue weighted by atomic mass is 127. The summed E-state index contributed by atoms with van der Waals surface area (Å²) in [6.45, 7) is 4.97. The van der Waals surface area contributed by atoms with Gasteiger partial charge in [0.1, 0.15) is 12.4 Å². The Morgan fingerprint density at radius 2 is 2.45 bits per heavy atom. The lowest BCUT2D eigenvalue weighted by molar-refractivity contribution is 0.650. The Balaban J connectivity index is 0.00000242. The molecule has 1 aromatic rings. The fraction of sp³-hybridized carbons (Fsp3) is 0.467. The lowest BCUT2D eigenvalue weighted by atomic mass is 10.3. The third-order valence-electron chi connectivity index (χ3n) is 3.24. The second-order valence-electron chi connectivity index (χ2n) is 4.78. The first-order valence-electron chi connectivity index (χ1n) is 7.08. The molecule has 1 aliphatic rings. The smallest absolute Gasteiger partial charge is 0.192 e. The van der Waals surface area contributed by atoms with Crippen LogP contribution in [0, 0.1) is 12.3 Å². The van der Waals surface area contributed by atoms with Crippen molar-refractivity contribution >= 4 is 47.4 Å². The van der Waals surface area contributed by atoms with E-state index < -0.39 is 0 Å². The summed E-state index contributed by atoms with van der Waals surface area (Å²) in [5.74, 6) is 4.12. The van der Waals surface area contributed by atoms with Crippen molar-refractivity contribution in [3.05, 3.63) is 23.4 Å². The molecule has 22 heavy (non-hydrogen) atoms. The summed E-state index contributed by atoms with van der Waals surface area (Å²) in [6, 6.07) is 4.01.